The van der Waals surface area contributed by atoms with Crippen LogP contribution in [0.25, 0.3) is 0 Å². The lowest BCUT2D eigenvalue weighted by atomic mass is 10.0. The van der Waals surface area contributed by atoms with Crippen LogP contribution in [-0.2, 0) is 0 Å². The molecule has 1 aliphatic heterocycles. The van der Waals surface area contributed by atoms with Crippen molar-refractivity contribution >= 4 is 21.8 Å². The van der Waals surface area contributed by atoms with E-state index in [9.17, 15) is 4.79 Å². The summed E-state index contributed by atoms with van der Waals surface area (Å²) in [5.74, 6) is 1.72. The Labute approximate surface area is 159 Å². The maximum Gasteiger partial charge on any atom is 0.257 e. The molecule has 1 aliphatic carbocycles. The molecule has 1 saturated heterocycles. The smallest absolute Gasteiger partial charge is 0.257 e. The predicted octanol–water partition coefficient (Wildman–Crippen LogP) is 3.04. The fraction of sp³-hybridized carbons (Fsp3) is 0.368. The molecule has 6 nitrogen and oxygen atoms in total. The molecule has 0 bridgehead atoms. The van der Waals surface area contributed by atoms with Crippen molar-refractivity contribution in [2.75, 3.05) is 13.1 Å². The predicted molar refractivity (Wildman–Crippen MR) is 97.4 cm³/mol. The van der Waals surface area contributed by atoms with Crippen molar-refractivity contribution in [3.63, 3.8) is 0 Å². The van der Waals surface area contributed by atoms with Gasteiger partial charge in [-0.15, -0.1) is 0 Å². The summed E-state index contributed by atoms with van der Waals surface area (Å²) in [4.78, 5) is 22.3. The monoisotopic (exact) mass is 412 g/mol. The quantitative estimate of drug-likeness (QED) is 0.773. The first-order chi connectivity index (χ1) is 12.6. The fourth-order valence-electron chi connectivity index (χ4n) is 3.95. The highest BCUT2D eigenvalue weighted by atomic mass is 79.9. The number of aromatic nitrogens is 2. The number of fused-ring (bicyclic) bond motifs is 1. The molecule has 4 rings (SSSR count). The van der Waals surface area contributed by atoms with Crippen LogP contribution >= 0.6 is 15.9 Å². The molecule has 1 aromatic carbocycles. The summed E-state index contributed by atoms with van der Waals surface area (Å²) in [5, 5.41) is 8.99. The molecule has 1 aromatic heterocycles. The van der Waals surface area contributed by atoms with E-state index in [0.29, 0.717) is 23.0 Å². The molecule has 2 aromatic rings. The molecule has 2 heterocycles. The highest BCUT2D eigenvalue weighted by molar-refractivity contribution is 9.10. The number of nitriles is 1. The van der Waals surface area contributed by atoms with Gasteiger partial charge in [-0.05, 0) is 58.8 Å². The second kappa shape index (κ2) is 7.04. The third kappa shape index (κ3) is 3.29. The Hall–Kier alpha value is -2.46. The average molecular weight is 413 g/mol. The summed E-state index contributed by atoms with van der Waals surface area (Å²) < 4.78 is 6.86. The van der Waals surface area contributed by atoms with Crippen molar-refractivity contribution in [2.45, 2.75) is 18.9 Å². The van der Waals surface area contributed by atoms with E-state index in [-0.39, 0.29) is 12.0 Å². The number of carbonyl (C=O) groups is 1. The summed E-state index contributed by atoms with van der Waals surface area (Å²) in [6.45, 7) is 1.52. The van der Waals surface area contributed by atoms with E-state index in [1.165, 1.54) is 6.33 Å². The summed E-state index contributed by atoms with van der Waals surface area (Å²) in [5.41, 5.74) is 1.14. The van der Waals surface area contributed by atoms with Gasteiger partial charge in [0.05, 0.1) is 17.2 Å². The number of halogens is 1. The first kappa shape index (κ1) is 17.0. The molecule has 2 unspecified atom stereocenters. The second-order valence-corrected chi connectivity index (χ2v) is 7.68. The number of benzene rings is 1. The maximum absolute atomic E-state index is 12.5. The first-order valence-electron chi connectivity index (χ1n) is 8.54. The Bertz CT molecular complexity index is 854. The lowest BCUT2D eigenvalue weighted by molar-refractivity contribution is 0.0769. The molecule has 132 valence electrons. The number of carbonyl (C=O) groups excluding carboxylic acids is 1. The van der Waals surface area contributed by atoms with Crippen LogP contribution in [0.4, 0.5) is 0 Å². The average Bonchev–Trinajstić information content (AvgIpc) is 3.20. The van der Waals surface area contributed by atoms with Crippen LogP contribution in [0.1, 0.15) is 28.8 Å². The Morgan fingerprint density at radius 2 is 1.92 bits per heavy atom. The molecular weight excluding hydrogens is 396 g/mol. The number of ether oxygens (including phenoxy) is 1. The van der Waals surface area contributed by atoms with Gasteiger partial charge in [-0.2, -0.15) is 5.26 Å². The zero-order valence-corrected chi connectivity index (χ0v) is 15.6. The molecule has 0 spiro atoms. The van der Waals surface area contributed by atoms with Crippen molar-refractivity contribution in [3.05, 3.63) is 52.5 Å². The Balaban J connectivity index is 1.36. The van der Waals surface area contributed by atoms with Gasteiger partial charge in [0.1, 0.15) is 18.1 Å². The van der Waals surface area contributed by atoms with Crippen LogP contribution in [0.5, 0.6) is 5.75 Å². The molecule has 26 heavy (non-hydrogen) atoms. The standard InChI is InChI=1S/C19H17BrN4O2/c20-18-5-16(2-1-12(18)6-21)26-17-3-13-9-24(10-14(13)4-17)19(25)15-7-22-11-23-8-15/h1-2,5,7-8,11,13-14,17H,3-4,9-10H2. The summed E-state index contributed by atoms with van der Waals surface area (Å²) in [7, 11) is 0. The lowest BCUT2D eigenvalue weighted by Crippen LogP contribution is -2.31. The maximum atomic E-state index is 12.5. The highest BCUT2D eigenvalue weighted by Crippen LogP contribution is 2.40. The van der Waals surface area contributed by atoms with Crippen LogP contribution in [-0.4, -0.2) is 40.0 Å². The van der Waals surface area contributed by atoms with Crippen LogP contribution < -0.4 is 4.74 Å². The number of amides is 1. The van der Waals surface area contributed by atoms with Crippen molar-refractivity contribution in [2.24, 2.45) is 11.8 Å². The Morgan fingerprint density at radius 3 is 2.54 bits per heavy atom. The van der Waals surface area contributed by atoms with Crippen LogP contribution in [0.2, 0.25) is 0 Å². The second-order valence-electron chi connectivity index (χ2n) is 6.82. The summed E-state index contributed by atoms with van der Waals surface area (Å²) >= 11 is 3.39. The van der Waals surface area contributed by atoms with Crippen molar-refractivity contribution in [3.8, 4) is 11.8 Å². The molecule has 2 atom stereocenters. The summed E-state index contributed by atoms with van der Waals surface area (Å²) in [6.07, 6.45) is 6.60. The summed E-state index contributed by atoms with van der Waals surface area (Å²) in [6, 6.07) is 7.57. The number of nitrogens with zero attached hydrogens (tertiary/aromatic N) is 4. The van der Waals surface area contributed by atoms with Gasteiger partial charge in [-0.3, -0.25) is 4.79 Å². The molecule has 2 aliphatic rings. The van der Waals surface area contributed by atoms with Crippen molar-refractivity contribution < 1.29 is 9.53 Å². The molecule has 1 saturated carbocycles. The number of likely N-dealkylation sites (tertiary alicyclic amines) is 1. The van der Waals surface area contributed by atoms with E-state index in [4.69, 9.17) is 10.00 Å². The molecule has 0 N–H and O–H groups in total. The van der Waals surface area contributed by atoms with E-state index in [1.54, 1.807) is 18.5 Å². The molecular formula is C19H17BrN4O2. The fourth-order valence-corrected chi connectivity index (χ4v) is 4.40. The van der Waals surface area contributed by atoms with Gasteiger partial charge in [0.15, 0.2) is 0 Å². The number of hydrogen-bond donors (Lipinski definition) is 0. The van der Waals surface area contributed by atoms with Crippen LogP contribution in [0.15, 0.2) is 41.4 Å². The van der Waals surface area contributed by atoms with E-state index >= 15 is 0 Å². The zero-order valence-electron chi connectivity index (χ0n) is 14.0. The SMILES string of the molecule is N#Cc1ccc(OC2CC3CN(C(=O)c4cncnc4)CC3C2)cc1Br. The van der Waals surface area contributed by atoms with Crippen molar-refractivity contribution in [1.29, 1.82) is 5.26 Å². The molecule has 7 heteroatoms. The first-order valence-corrected chi connectivity index (χ1v) is 9.34. The minimum absolute atomic E-state index is 0.00786. The zero-order chi connectivity index (χ0) is 18.1. The minimum Gasteiger partial charge on any atom is -0.490 e. The Morgan fingerprint density at radius 1 is 1.23 bits per heavy atom. The van der Waals surface area contributed by atoms with Gasteiger partial charge < -0.3 is 9.64 Å². The number of rotatable bonds is 3. The lowest BCUT2D eigenvalue weighted by Gasteiger charge is -2.20. The number of hydrogen-bond acceptors (Lipinski definition) is 5. The van der Waals surface area contributed by atoms with E-state index < -0.39 is 0 Å². The van der Waals surface area contributed by atoms with Gasteiger partial charge in [-0.1, -0.05) is 0 Å². The molecule has 1 amide bonds. The third-order valence-corrected chi connectivity index (χ3v) is 5.82. The Kier molecular flexibility index (Phi) is 4.60. The third-order valence-electron chi connectivity index (χ3n) is 5.17. The van der Waals surface area contributed by atoms with Gasteiger partial charge >= 0.3 is 0 Å². The largest absolute Gasteiger partial charge is 0.490 e. The van der Waals surface area contributed by atoms with E-state index in [1.807, 2.05) is 17.0 Å². The highest BCUT2D eigenvalue weighted by Gasteiger charge is 2.43. The van der Waals surface area contributed by atoms with Gasteiger partial charge in [0.25, 0.3) is 5.91 Å². The van der Waals surface area contributed by atoms with Gasteiger partial charge in [0.2, 0.25) is 0 Å². The van der Waals surface area contributed by atoms with Crippen molar-refractivity contribution in [1.82, 2.24) is 14.9 Å². The normalized spacial score (nSPS) is 24.2. The van der Waals surface area contributed by atoms with E-state index in [0.717, 1.165) is 36.2 Å². The topological polar surface area (TPSA) is 79.1 Å². The van der Waals surface area contributed by atoms with Gasteiger partial charge in [-0.25, -0.2) is 9.97 Å². The van der Waals surface area contributed by atoms with Crippen LogP contribution in [0.3, 0.4) is 0 Å². The van der Waals surface area contributed by atoms with E-state index in [2.05, 4.69) is 32.0 Å². The molecule has 2 fully saturated rings. The molecule has 0 radical (unpaired) electrons. The van der Waals surface area contributed by atoms with Crippen LogP contribution in [0, 0.1) is 23.2 Å². The minimum atomic E-state index is 0.00786. The van der Waals surface area contributed by atoms with Gasteiger partial charge in [0, 0.05) is 30.0 Å².